The summed E-state index contributed by atoms with van der Waals surface area (Å²) in [7, 11) is 0. The van der Waals surface area contributed by atoms with Crippen LogP contribution in [0.5, 0.6) is 0 Å². The second kappa shape index (κ2) is 17.4. The first-order chi connectivity index (χ1) is 12.8. The van der Waals surface area contributed by atoms with Gasteiger partial charge in [-0.05, 0) is 19.4 Å². The summed E-state index contributed by atoms with van der Waals surface area (Å²) in [6, 6.07) is 10.1. The molecule has 0 aliphatic heterocycles. The van der Waals surface area contributed by atoms with E-state index < -0.39 is 0 Å². The zero-order chi connectivity index (χ0) is 18.7. The van der Waals surface area contributed by atoms with Crippen molar-refractivity contribution in [3.8, 4) is 0 Å². The SMILES string of the molecule is CC(C)OCCOCCOCCOCCOCCOCc1ccccc1. The van der Waals surface area contributed by atoms with Crippen molar-refractivity contribution in [3.05, 3.63) is 35.9 Å². The second-order valence-corrected chi connectivity index (χ2v) is 5.91. The van der Waals surface area contributed by atoms with Crippen molar-refractivity contribution in [2.24, 2.45) is 0 Å². The molecule has 0 saturated heterocycles. The molecule has 0 aromatic heterocycles. The largest absolute Gasteiger partial charge is 0.377 e. The Kier molecular flexibility index (Phi) is 15.4. The molecule has 0 radical (unpaired) electrons. The van der Waals surface area contributed by atoms with Gasteiger partial charge in [-0.3, -0.25) is 0 Å². The van der Waals surface area contributed by atoms with Crippen LogP contribution in [0.1, 0.15) is 19.4 Å². The average molecular weight is 370 g/mol. The molecule has 26 heavy (non-hydrogen) atoms. The molecule has 0 saturated carbocycles. The van der Waals surface area contributed by atoms with Crippen LogP contribution in [0.25, 0.3) is 0 Å². The minimum atomic E-state index is 0.248. The van der Waals surface area contributed by atoms with Gasteiger partial charge < -0.3 is 28.4 Å². The molecule has 1 rings (SSSR count). The van der Waals surface area contributed by atoms with Gasteiger partial charge in [-0.2, -0.15) is 0 Å². The Bertz CT molecular complexity index is 399. The van der Waals surface area contributed by atoms with Crippen molar-refractivity contribution >= 4 is 0 Å². The number of hydrogen-bond acceptors (Lipinski definition) is 6. The molecule has 6 heteroatoms. The van der Waals surface area contributed by atoms with E-state index in [0.29, 0.717) is 72.7 Å². The van der Waals surface area contributed by atoms with E-state index in [0.717, 1.165) is 0 Å². The molecule has 0 amide bonds. The molecule has 0 aliphatic rings. The Morgan fingerprint density at radius 2 is 1.00 bits per heavy atom. The number of ether oxygens (including phenoxy) is 6. The van der Waals surface area contributed by atoms with Crippen molar-refractivity contribution in [3.63, 3.8) is 0 Å². The molecule has 150 valence electrons. The summed E-state index contributed by atoms with van der Waals surface area (Å²) in [5, 5.41) is 0. The Labute approximate surface area is 157 Å². The topological polar surface area (TPSA) is 55.4 Å². The van der Waals surface area contributed by atoms with Crippen molar-refractivity contribution < 1.29 is 28.4 Å². The van der Waals surface area contributed by atoms with E-state index in [-0.39, 0.29) is 6.10 Å². The van der Waals surface area contributed by atoms with Crippen LogP contribution < -0.4 is 0 Å². The van der Waals surface area contributed by atoms with Gasteiger partial charge in [-0.1, -0.05) is 30.3 Å². The summed E-state index contributed by atoms with van der Waals surface area (Å²) >= 11 is 0. The lowest BCUT2D eigenvalue weighted by Crippen LogP contribution is -2.14. The normalized spacial score (nSPS) is 11.3. The molecule has 1 aromatic carbocycles. The molecule has 0 aliphatic carbocycles. The Morgan fingerprint density at radius 3 is 1.46 bits per heavy atom. The molecule has 0 atom stereocenters. The fraction of sp³-hybridized carbons (Fsp3) is 0.700. The summed E-state index contributed by atoms with van der Waals surface area (Å²) < 4.78 is 32.6. The lowest BCUT2D eigenvalue weighted by molar-refractivity contribution is -0.0219. The fourth-order valence-electron chi connectivity index (χ4n) is 1.99. The first kappa shape index (κ1) is 23.0. The number of hydrogen-bond donors (Lipinski definition) is 0. The van der Waals surface area contributed by atoms with Crippen molar-refractivity contribution in [2.75, 3.05) is 66.1 Å². The third kappa shape index (κ3) is 15.3. The predicted octanol–water partition coefficient (Wildman–Crippen LogP) is 2.69. The van der Waals surface area contributed by atoms with Crippen LogP contribution >= 0.6 is 0 Å². The van der Waals surface area contributed by atoms with E-state index in [2.05, 4.69) is 0 Å². The maximum atomic E-state index is 5.53. The third-order valence-corrected chi connectivity index (χ3v) is 3.28. The molecule has 0 heterocycles. The Morgan fingerprint density at radius 1 is 0.577 bits per heavy atom. The van der Waals surface area contributed by atoms with E-state index in [9.17, 15) is 0 Å². The van der Waals surface area contributed by atoms with Gasteiger partial charge in [0, 0.05) is 0 Å². The molecule has 0 unspecified atom stereocenters. The van der Waals surface area contributed by atoms with Crippen molar-refractivity contribution in [1.82, 2.24) is 0 Å². The van der Waals surface area contributed by atoms with E-state index in [1.807, 2.05) is 44.2 Å². The molecule has 0 spiro atoms. The summed E-state index contributed by atoms with van der Waals surface area (Å²) in [4.78, 5) is 0. The van der Waals surface area contributed by atoms with Crippen LogP contribution in [0, 0.1) is 0 Å². The quantitative estimate of drug-likeness (QED) is 0.370. The van der Waals surface area contributed by atoms with Gasteiger partial charge in [0.05, 0.1) is 78.8 Å². The van der Waals surface area contributed by atoms with Crippen LogP contribution in [0.15, 0.2) is 30.3 Å². The first-order valence-electron chi connectivity index (χ1n) is 9.33. The fourth-order valence-corrected chi connectivity index (χ4v) is 1.99. The van der Waals surface area contributed by atoms with E-state index in [4.69, 9.17) is 28.4 Å². The molecule has 0 fully saturated rings. The minimum absolute atomic E-state index is 0.248. The first-order valence-corrected chi connectivity index (χ1v) is 9.33. The van der Waals surface area contributed by atoms with Crippen molar-refractivity contribution in [1.29, 1.82) is 0 Å². The lowest BCUT2D eigenvalue weighted by Gasteiger charge is -2.09. The highest BCUT2D eigenvalue weighted by Crippen LogP contribution is 1.99. The van der Waals surface area contributed by atoms with Gasteiger partial charge in [0.25, 0.3) is 0 Å². The zero-order valence-corrected chi connectivity index (χ0v) is 16.2. The van der Waals surface area contributed by atoms with Crippen LogP contribution in [0.3, 0.4) is 0 Å². The molecular formula is C20H34O6. The molecule has 0 bridgehead atoms. The smallest absolute Gasteiger partial charge is 0.0718 e. The summed E-state index contributed by atoms with van der Waals surface area (Å²) in [6.07, 6.45) is 0.248. The van der Waals surface area contributed by atoms with E-state index in [1.54, 1.807) is 0 Å². The summed E-state index contributed by atoms with van der Waals surface area (Å²) in [5.74, 6) is 0. The van der Waals surface area contributed by atoms with E-state index in [1.165, 1.54) is 5.56 Å². The van der Waals surface area contributed by atoms with Gasteiger partial charge in [-0.25, -0.2) is 0 Å². The summed E-state index contributed by atoms with van der Waals surface area (Å²) in [6.45, 7) is 10.4. The lowest BCUT2D eigenvalue weighted by atomic mass is 10.2. The molecular weight excluding hydrogens is 336 g/mol. The highest BCUT2D eigenvalue weighted by atomic mass is 16.6. The maximum absolute atomic E-state index is 5.53. The highest BCUT2D eigenvalue weighted by molar-refractivity contribution is 5.13. The highest BCUT2D eigenvalue weighted by Gasteiger charge is 1.95. The van der Waals surface area contributed by atoms with E-state index >= 15 is 0 Å². The van der Waals surface area contributed by atoms with Gasteiger partial charge in [0.2, 0.25) is 0 Å². The minimum Gasteiger partial charge on any atom is -0.377 e. The predicted molar refractivity (Wildman–Crippen MR) is 100 cm³/mol. The molecule has 6 nitrogen and oxygen atoms in total. The van der Waals surface area contributed by atoms with Gasteiger partial charge in [0.1, 0.15) is 0 Å². The van der Waals surface area contributed by atoms with Gasteiger partial charge >= 0.3 is 0 Å². The van der Waals surface area contributed by atoms with Gasteiger partial charge in [0.15, 0.2) is 0 Å². The van der Waals surface area contributed by atoms with Crippen molar-refractivity contribution in [2.45, 2.75) is 26.6 Å². The van der Waals surface area contributed by atoms with Gasteiger partial charge in [-0.15, -0.1) is 0 Å². The second-order valence-electron chi connectivity index (χ2n) is 5.91. The van der Waals surface area contributed by atoms with Crippen LogP contribution in [-0.4, -0.2) is 72.2 Å². The molecule has 1 aromatic rings. The number of rotatable bonds is 18. The monoisotopic (exact) mass is 370 g/mol. The van der Waals surface area contributed by atoms with Crippen LogP contribution in [0.4, 0.5) is 0 Å². The number of benzene rings is 1. The summed E-state index contributed by atoms with van der Waals surface area (Å²) in [5.41, 5.74) is 1.17. The maximum Gasteiger partial charge on any atom is 0.0718 e. The Balaban J connectivity index is 1.70. The van der Waals surface area contributed by atoms with Crippen LogP contribution in [0.2, 0.25) is 0 Å². The Hall–Kier alpha value is -1.02. The third-order valence-electron chi connectivity index (χ3n) is 3.28. The zero-order valence-electron chi connectivity index (χ0n) is 16.2. The molecule has 0 N–H and O–H groups in total. The average Bonchev–Trinajstić information content (AvgIpc) is 2.65. The van der Waals surface area contributed by atoms with Crippen LogP contribution in [-0.2, 0) is 35.0 Å². The standard InChI is InChI=1S/C20H34O6/c1-19(2)26-17-16-24-13-12-22-9-8-21-10-11-23-14-15-25-18-20-6-4-3-5-7-20/h3-7,19H,8-18H2,1-2H3.